The number of amides is 1. The molecule has 0 aliphatic rings. The van der Waals surface area contributed by atoms with Gasteiger partial charge in [-0.05, 0) is 18.1 Å². The third-order valence-electron chi connectivity index (χ3n) is 2.40. The van der Waals surface area contributed by atoms with Crippen LogP contribution in [0.2, 0.25) is 0 Å². The maximum Gasteiger partial charge on any atom is 0.282 e. The molecule has 2 N–H and O–H groups in total. The first-order valence-electron chi connectivity index (χ1n) is 6.25. The molecule has 1 amide bonds. The van der Waals surface area contributed by atoms with Crippen LogP contribution in [0.15, 0.2) is 18.2 Å². The lowest BCUT2D eigenvalue weighted by molar-refractivity contribution is -0.385. The molecule has 0 atom stereocenters. The molecule has 1 rings (SSSR count). The number of benzene rings is 1. The Labute approximate surface area is 116 Å². The number of carbonyl (C=O) groups is 1. The van der Waals surface area contributed by atoms with Crippen LogP contribution in [0.3, 0.4) is 0 Å². The molecular weight excluding hydrogens is 264 g/mol. The van der Waals surface area contributed by atoms with Crippen LogP contribution >= 0.6 is 0 Å². The summed E-state index contributed by atoms with van der Waals surface area (Å²) in [6, 6.07) is 3.34. The van der Waals surface area contributed by atoms with Gasteiger partial charge in [0.2, 0.25) is 0 Å². The molecule has 0 saturated heterocycles. The fourth-order valence-corrected chi connectivity index (χ4v) is 1.52. The van der Waals surface area contributed by atoms with Crippen molar-refractivity contribution in [2.75, 3.05) is 19.8 Å². The lowest BCUT2D eigenvalue weighted by Gasteiger charge is -2.08. The topological polar surface area (TPSA) is 102 Å². The average molecular weight is 282 g/mol. The molecule has 7 heteroatoms. The summed E-state index contributed by atoms with van der Waals surface area (Å²) in [5, 5.41) is 22.6. The molecule has 1 aromatic rings. The molecule has 7 nitrogen and oxygen atoms in total. The van der Waals surface area contributed by atoms with Crippen LogP contribution in [0, 0.1) is 16.0 Å². The lowest BCUT2D eigenvalue weighted by Crippen LogP contribution is -2.28. The summed E-state index contributed by atoms with van der Waals surface area (Å²) in [4.78, 5) is 22.0. The van der Waals surface area contributed by atoms with E-state index in [1.165, 1.54) is 6.07 Å². The number of phenols is 1. The molecular formula is C13H18N2O5. The third-order valence-corrected chi connectivity index (χ3v) is 2.40. The van der Waals surface area contributed by atoms with Crippen molar-refractivity contribution in [1.29, 1.82) is 0 Å². The number of nitrogens with zero attached hydrogens (tertiary/aromatic N) is 1. The van der Waals surface area contributed by atoms with Crippen LogP contribution in [0.25, 0.3) is 0 Å². The summed E-state index contributed by atoms with van der Waals surface area (Å²) < 4.78 is 5.28. The predicted octanol–water partition coefficient (Wildman–Crippen LogP) is 1.70. The molecule has 0 spiro atoms. The molecule has 0 aromatic heterocycles. The fraction of sp³-hybridized carbons (Fsp3) is 0.462. The lowest BCUT2D eigenvalue weighted by atomic mass is 10.1. The van der Waals surface area contributed by atoms with Gasteiger partial charge in [0.05, 0.1) is 11.5 Å². The average Bonchev–Trinajstić information content (AvgIpc) is 2.37. The Morgan fingerprint density at radius 1 is 1.50 bits per heavy atom. The quantitative estimate of drug-likeness (QED) is 0.450. The van der Waals surface area contributed by atoms with Gasteiger partial charge in [-0.15, -0.1) is 0 Å². The van der Waals surface area contributed by atoms with Gasteiger partial charge in [0.1, 0.15) is 11.3 Å². The zero-order valence-corrected chi connectivity index (χ0v) is 11.5. The number of carbonyl (C=O) groups excluding carboxylic acids is 1. The Hall–Kier alpha value is -2.15. The highest BCUT2D eigenvalue weighted by molar-refractivity contribution is 5.98. The van der Waals surface area contributed by atoms with Crippen molar-refractivity contribution in [1.82, 2.24) is 5.32 Å². The number of aromatic hydroxyl groups is 1. The number of nitrogens with one attached hydrogen (secondary N) is 1. The first-order chi connectivity index (χ1) is 9.41. The van der Waals surface area contributed by atoms with E-state index in [2.05, 4.69) is 5.32 Å². The smallest absolute Gasteiger partial charge is 0.282 e. The molecule has 0 unspecified atom stereocenters. The Kier molecular flexibility index (Phi) is 5.92. The van der Waals surface area contributed by atoms with Crippen LogP contribution in [0.5, 0.6) is 5.75 Å². The Morgan fingerprint density at radius 3 is 2.80 bits per heavy atom. The van der Waals surface area contributed by atoms with Crippen LogP contribution < -0.4 is 5.32 Å². The molecule has 0 aliphatic carbocycles. The standard InChI is InChI=1S/C13H18N2O5/c1-9(2)8-20-6-5-14-13(17)11-7-10(16)3-4-12(11)15(18)19/h3-4,7,9,16H,5-6,8H2,1-2H3,(H,14,17). The van der Waals surface area contributed by atoms with Crippen molar-refractivity contribution in [2.24, 2.45) is 5.92 Å². The third kappa shape index (κ3) is 4.85. The Balaban J connectivity index is 2.59. The van der Waals surface area contributed by atoms with E-state index in [0.717, 1.165) is 12.1 Å². The fourth-order valence-electron chi connectivity index (χ4n) is 1.52. The minimum Gasteiger partial charge on any atom is -0.508 e. The molecule has 0 fully saturated rings. The SMILES string of the molecule is CC(C)COCCNC(=O)c1cc(O)ccc1[N+](=O)[O-]. The van der Waals surface area contributed by atoms with Crippen molar-refractivity contribution in [3.63, 3.8) is 0 Å². The van der Waals surface area contributed by atoms with Gasteiger partial charge in [-0.25, -0.2) is 0 Å². The Bertz CT molecular complexity index is 488. The van der Waals surface area contributed by atoms with Crippen molar-refractivity contribution < 1.29 is 19.6 Å². The van der Waals surface area contributed by atoms with E-state index in [1.54, 1.807) is 0 Å². The van der Waals surface area contributed by atoms with Crippen LogP contribution in [-0.4, -0.2) is 35.7 Å². The van der Waals surface area contributed by atoms with E-state index in [1.807, 2.05) is 13.8 Å². The van der Waals surface area contributed by atoms with Gasteiger partial charge >= 0.3 is 0 Å². The van der Waals surface area contributed by atoms with E-state index in [0.29, 0.717) is 19.1 Å². The molecule has 0 bridgehead atoms. The van der Waals surface area contributed by atoms with Crippen molar-refractivity contribution in [2.45, 2.75) is 13.8 Å². The van der Waals surface area contributed by atoms with Crippen molar-refractivity contribution in [3.05, 3.63) is 33.9 Å². The number of phenolic OH excluding ortho intramolecular Hbond substituents is 1. The highest BCUT2D eigenvalue weighted by Crippen LogP contribution is 2.22. The molecule has 0 heterocycles. The van der Waals surface area contributed by atoms with E-state index in [-0.39, 0.29) is 23.5 Å². The molecule has 0 saturated carbocycles. The largest absolute Gasteiger partial charge is 0.508 e. The van der Waals surface area contributed by atoms with Gasteiger partial charge in [0.15, 0.2) is 0 Å². The summed E-state index contributed by atoms with van der Waals surface area (Å²) in [5.74, 6) is -0.407. The maximum atomic E-state index is 11.8. The maximum absolute atomic E-state index is 11.8. The number of ether oxygens (including phenoxy) is 1. The number of nitro groups is 1. The van der Waals surface area contributed by atoms with Gasteiger partial charge < -0.3 is 15.2 Å². The molecule has 0 radical (unpaired) electrons. The summed E-state index contributed by atoms with van der Waals surface area (Å²) >= 11 is 0. The predicted molar refractivity (Wildman–Crippen MR) is 72.8 cm³/mol. The van der Waals surface area contributed by atoms with Gasteiger partial charge in [0, 0.05) is 19.2 Å². The van der Waals surface area contributed by atoms with Crippen LogP contribution in [-0.2, 0) is 4.74 Å². The monoisotopic (exact) mass is 282 g/mol. The van der Waals surface area contributed by atoms with E-state index >= 15 is 0 Å². The number of rotatable bonds is 7. The molecule has 20 heavy (non-hydrogen) atoms. The minimum absolute atomic E-state index is 0.168. The highest BCUT2D eigenvalue weighted by atomic mass is 16.6. The summed E-state index contributed by atoms with van der Waals surface area (Å²) in [7, 11) is 0. The normalized spacial score (nSPS) is 10.6. The van der Waals surface area contributed by atoms with Crippen molar-refractivity contribution in [3.8, 4) is 5.75 Å². The number of hydrogen-bond acceptors (Lipinski definition) is 5. The van der Waals surface area contributed by atoms with Crippen LogP contribution in [0.1, 0.15) is 24.2 Å². The highest BCUT2D eigenvalue weighted by Gasteiger charge is 2.20. The Morgan fingerprint density at radius 2 is 2.20 bits per heavy atom. The molecule has 110 valence electrons. The zero-order valence-electron chi connectivity index (χ0n) is 11.5. The second kappa shape index (κ2) is 7.44. The minimum atomic E-state index is -0.663. The number of hydrogen-bond donors (Lipinski definition) is 2. The summed E-state index contributed by atoms with van der Waals surface area (Å²) in [5.41, 5.74) is -0.512. The van der Waals surface area contributed by atoms with E-state index in [4.69, 9.17) is 4.74 Å². The summed E-state index contributed by atoms with van der Waals surface area (Å²) in [6.45, 7) is 5.18. The van der Waals surface area contributed by atoms with E-state index in [9.17, 15) is 20.0 Å². The van der Waals surface area contributed by atoms with Gasteiger partial charge in [-0.2, -0.15) is 0 Å². The first kappa shape index (κ1) is 15.9. The second-order valence-electron chi connectivity index (χ2n) is 4.68. The van der Waals surface area contributed by atoms with Crippen molar-refractivity contribution >= 4 is 11.6 Å². The summed E-state index contributed by atoms with van der Waals surface area (Å²) in [6.07, 6.45) is 0. The number of nitro benzene ring substituents is 1. The second-order valence-corrected chi connectivity index (χ2v) is 4.68. The zero-order chi connectivity index (χ0) is 15.1. The van der Waals surface area contributed by atoms with Gasteiger partial charge in [0.25, 0.3) is 11.6 Å². The van der Waals surface area contributed by atoms with Crippen LogP contribution in [0.4, 0.5) is 5.69 Å². The van der Waals surface area contributed by atoms with E-state index < -0.39 is 10.8 Å². The first-order valence-corrected chi connectivity index (χ1v) is 6.25. The van der Waals surface area contributed by atoms with Gasteiger partial charge in [-0.3, -0.25) is 14.9 Å². The van der Waals surface area contributed by atoms with Gasteiger partial charge in [-0.1, -0.05) is 13.8 Å². The molecule has 0 aliphatic heterocycles. The molecule has 1 aromatic carbocycles.